The topological polar surface area (TPSA) is 49.4 Å². The Kier molecular flexibility index (Phi) is 8.73. The first-order valence-corrected chi connectivity index (χ1v) is 10.2. The van der Waals surface area contributed by atoms with E-state index in [1.807, 2.05) is 68.4 Å². The van der Waals surface area contributed by atoms with Crippen LogP contribution < -0.4 is 5.32 Å². The molecule has 4 heteroatoms. The second kappa shape index (κ2) is 11.3. The summed E-state index contributed by atoms with van der Waals surface area (Å²) in [5, 5.41) is 2.99. The lowest BCUT2D eigenvalue weighted by molar-refractivity contribution is -0.140. The largest absolute Gasteiger partial charge is 0.354 e. The Bertz CT molecular complexity index is 741. The normalized spacial score (nSPS) is 11.7. The van der Waals surface area contributed by atoms with Crippen LogP contribution in [-0.4, -0.2) is 29.3 Å². The van der Waals surface area contributed by atoms with E-state index in [4.69, 9.17) is 0 Å². The monoisotopic (exact) mass is 380 g/mol. The lowest BCUT2D eigenvalue weighted by Gasteiger charge is -2.31. The number of rotatable bonds is 10. The fraction of sp³-hybridized carbons (Fsp3) is 0.417. The standard InChI is InChI=1S/C24H32N2O2/c1-4-6-16-25-24(28)22(5-2)26(18-21-10-8-7-9-11-21)23(27)17-20-14-12-19(3)13-15-20/h7-15,22H,4-6,16-18H2,1-3H3,(H,25,28). The Morgan fingerprint density at radius 3 is 2.25 bits per heavy atom. The molecule has 0 aliphatic rings. The number of aryl methyl sites for hydroxylation is 1. The van der Waals surface area contributed by atoms with Crippen LogP contribution in [0.15, 0.2) is 54.6 Å². The predicted molar refractivity (Wildman–Crippen MR) is 114 cm³/mol. The summed E-state index contributed by atoms with van der Waals surface area (Å²) < 4.78 is 0. The van der Waals surface area contributed by atoms with Crippen LogP contribution in [0.3, 0.4) is 0 Å². The van der Waals surface area contributed by atoms with Crippen molar-refractivity contribution >= 4 is 11.8 Å². The molecule has 2 rings (SSSR count). The zero-order valence-corrected chi connectivity index (χ0v) is 17.3. The van der Waals surface area contributed by atoms with Gasteiger partial charge in [0.1, 0.15) is 6.04 Å². The fourth-order valence-electron chi connectivity index (χ4n) is 3.19. The number of unbranched alkanes of at least 4 members (excludes halogenated alkanes) is 1. The van der Waals surface area contributed by atoms with Crippen LogP contribution in [0.25, 0.3) is 0 Å². The van der Waals surface area contributed by atoms with Gasteiger partial charge in [-0.1, -0.05) is 80.4 Å². The second-order valence-corrected chi connectivity index (χ2v) is 7.24. The molecule has 0 bridgehead atoms. The van der Waals surface area contributed by atoms with Crippen molar-refractivity contribution in [2.75, 3.05) is 6.54 Å². The highest BCUT2D eigenvalue weighted by molar-refractivity contribution is 5.88. The van der Waals surface area contributed by atoms with Gasteiger partial charge < -0.3 is 10.2 Å². The Morgan fingerprint density at radius 2 is 1.64 bits per heavy atom. The molecule has 0 heterocycles. The molecule has 0 fully saturated rings. The van der Waals surface area contributed by atoms with Crippen molar-refractivity contribution in [2.45, 2.75) is 59.0 Å². The average molecular weight is 381 g/mol. The number of hydrogen-bond donors (Lipinski definition) is 1. The Morgan fingerprint density at radius 1 is 0.964 bits per heavy atom. The van der Waals surface area contributed by atoms with Crippen molar-refractivity contribution < 1.29 is 9.59 Å². The SMILES string of the molecule is CCCCNC(=O)C(CC)N(Cc1ccccc1)C(=O)Cc1ccc(C)cc1. The summed E-state index contributed by atoms with van der Waals surface area (Å²) in [4.78, 5) is 27.7. The first kappa shape index (κ1) is 21.7. The van der Waals surface area contributed by atoms with Gasteiger partial charge in [-0.25, -0.2) is 0 Å². The Hall–Kier alpha value is -2.62. The molecule has 2 aromatic rings. The Labute approximate surface area is 169 Å². The molecule has 0 saturated heterocycles. The summed E-state index contributed by atoms with van der Waals surface area (Å²) in [5.41, 5.74) is 3.16. The minimum atomic E-state index is -0.463. The molecule has 0 aliphatic carbocycles. The third-order valence-electron chi connectivity index (χ3n) is 4.89. The van der Waals surface area contributed by atoms with Crippen molar-refractivity contribution in [3.05, 3.63) is 71.3 Å². The molecule has 1 unspecified atom stereocenters. The summed E-state index contributed by atoms with van der Waals surface area (Å²) >= 11 is 0. The minimum Gasteiger partial charge on any atom is -0.354 e. The molecule has 28 heavy (non-hydrogen) atoms. The quantitative estimate of drug-likeness (QED) is 0.626. The van der Waals surface area contributed by atoms with E-state index in [-0.39, 0.29) is 11.8 Å². The summed E-state index contributed by atoms with van der Waals surface area (Å²) in [5.74, 6) is -0.0886. The van der Waals surface area contributed by atoms with E-state index >= 15 is 0 Å². The highest BCUT2D eigenvalue weighted by Gasteiger charge is 2.28. The number of hydrogen-bond acceptors (Lipinski definition) is 2. The summed E-state index contributed by atoms with van der Waals surface area (Å²) in [6, 6.07) is 17.4. The van der Waals surface area contributed by atoms with Gasteiger partial charge in [-0.2, -0.15) is 0 Å². The van der Waals surface area contributed by atoms with Crippen molar-refractivity contribution in [1.82, 2.24) is 10.2 Å². The predicted octanol–water partition coefficient (Wildman–Crippen LogP) is 4.26. The third-order valence-corrected chi connectivity index (χ3v) is 4.89. The van der Waals surface area contributed by atoms with E-state index in [1.54, 1.807) is 4.90 Å². The number of carbonyl (C=O) groups is 2. The molecule has 0 saturated carbocycles. The molecule has 0 aliphatic heterocycles. The number of amides is 2. The van der Waals surface area contributed by atoms with E-state index in [0.717, 1.165) is 24.0 Å². The maximum Gasteiger partial charge on any atom is 0.242 e. The summed E-state index contributed by atoms with van der Waals surface area (Å²) in [6.45, 7) is 7.17. The highest BCUT2D eigenvalue weighted by Crippen LogP contribution is 2.15. The first-order chi connectivity index (χ1) is 13.5. The summed E-state index contributed by atoms with van der Waals surface area (Å²) in [6.07, 6.45) is 2.85. The average Bonchev–Trinajstić information content (AvgIpc) is 2.70. The second-order valence-electron chi connectivity index (χ2n) is 7.24. The first-order valence-electron chi connectivity index (χ1n) is 10.2. The maximum absolute atomic E-state index is 13.2. The molecule has 1 atom stereocenters. The van der Waals surface area contributed by atoms with Crippen molar-refractivity contribution in [3.8, 4) is 0 Å². The molecular formula is C24H32N2O2. The van der Waals surface area contributed by atoms with Crippen LogP contribution in [0.1, 0.15) is 49.8 Å². The lowest BCUT2D eigenvalue weighted by Crippen LogP contribution is -2.49. The minimum absolute atomic E-state index is 0.0230. The third kappa shape index (κ3) is 6.52. The van der Waals surface area contributed by atoms with Crippen LogP contribution in [0.5, 0.6) is 0 Å². The van der Waals surface area contributed by atoms with Crippen LogP contribution in [-0.2, 0) is 22.6 Å². The van der Waals surface area contributed by atoms with Crippen LogP contribution in [0.4, 0.5) is 0 Å². The van der Waals surface area contributed by atoms with Crippen molar-refractivity contribution in [1.29, 1.82) is 0 Å². The number of nitrogens with zero attached hydrogens (tertiary/aromatic N) is 1. The van der Waals surface area contributed by atoms with Gasteiger partial charge in [-0.05, 0) is 30.9 Å². The maximum atomic E-state index is 13.2. The molecular weight excluding hydrogens is 348 g/mol. The molecule has 0 spiro atoms. The molecule has 1 N–H and O–H groups in total. The van der Waals surface area contributed by atoms with E-state index in [1.165, 1.54) is 5.56 Å². The highest BCUT2D eigenvalue weighted by atomic mass is 16.2. The van der Waals surface area contributed by atoms with Gasteiger partial charge in [0, 0.05) is 13.1 Å². The number of benzene rings is 2. The van der Waals surface area contributed by atoms with Crippen molar-refractivity contribution in [3.63, 3.8) is 0 Å². The Balaban J connectivity index is 2.19. The summed E-state index contributed by atoms with van der Waals surface area (Å²) in [7, 11) is 0. The molecule has 4 nitrogen and oxygen atoms in total. The molecule has 2 amide bonds. The van der Waals surface area contributed by atoms with E-state index in [0.29, 0.717) is 25.9 Å². The molecule has 0 aromatic heterocycles. The molecule has 2 aromatic carbocycles. The van der Waals surface area contributed by atoms with E-state index in [9.17, 15) is 9.59 Å². The van der Waals surface area contributed by atoms with Gasteiger partial charge in [0.2, 0.25) is 11.8 Å². The molecule has 150 valence electrons. The smallest absolute Gasteiger partial charge is 0.242 e. The fourth-order valence-corrected chi connectivity index (χ4v) is 3.19. The van der Waals surface area contributed by atoms with Gasteiger partial charge in [-0.15, -0.1) is 0 Å². The van der Waals surface area contributed by atoms with E-state index in [2.05, 4.69) is 12.2 Å². The number of nitrogens with one attached hydrogen (secondary N) is 1. The zero-order valence-electron chi connectivity index (χ0n) is 17.3. The van der Waals surface area contributed by atoms with Gasteiger partial charge >= 0.3 is 0 Å². The van der Waals surface area contributed by atoms with Gasteiger partial charge in [0.25, 0.3) is 0 Å². The van der Waals surface area contributed by atoms with Gasteiger partial charge in [0.15, 0.2) is 0 Å². The van der Waals surface area contributed by atoms with Crippen LogP contribution in [0, 0.1) is 6.92 Å². The number of carbonyl (C=O) groups excluding carboxylic acids is 2. The van der Waals surface area contributed by atoms with Gasteiger partial charge in [0.05, 0.1) is 6.42 Å². The molecule has 0 radical (unpaired) electrons. The van der Waals surface area contributed by atoms with Crippen molar-refractivity contribution in [2.24, 2.45) is 0 Å². The van der Waals surface area contributed by atoms with Crippen LogP contribution in [0.2, 0.25) is 0 Å². The van der Waals surface area contributed by atoms with Gasteiger partial charge in [-0.3, -0.25) is 9.59 Å². The lowest BCUT2D eigenvalue weighted by atomic mass is 10.1. The van der Waals surface area contributed by atoms with E-state index < -0.39 is 6.04 Å². The van der Waals surface area contributed by atoms with Crippen LogP contribution >= 0.6 is 0 Å². The zero-order chi connectivity index (χ0) is 20.4.